The molecule has 0 atom stereocenters. The van der Waals surface area contributed by atoms with Gasteiger partial charge < -0.3 is 4.42 Å². The Morgan fingerprint density at radius 3 is 2.61 bits per heavy atom. The maximum atomic E-state index is 12.4. The largest absolute Gasteiger partial charge is 0.419 e. The van der Waals surface area contributed by atoms with Gasteiger partial charge in [-0.25, -0.2) is 13.2 Å². The summed E-state index contributed by atoms with van der Waals surface area (Å²) in [6.07, 6.45) is 0. The van der Waals surface area contributed by atoms with Crippen molar-refractivity contribution in [1.82, 2.24) is 4.57 Å². The fourth-order valence-electron chi connectivity index (χ4n) is 2.14. The average Bonchev–Trinajstić information content (AvgIpc) is 2.77. The summed E-state index contributed by atoms with van der Waals surface area (Å²) in [4.78, 5) is 11.5. The highest BCUT2D eigenvalue weighted by atomic mass is 35.5. The minimum Gasteiger partial charge on any atom is -0.408 e. The van der Waals surface area contributed by atoms with Gasteiger partial charge in [0.2, 0.25) is 0 Å². The number of halogens is 1. The normalized spacial score (nSPS) is 11.8. The first-order chi connectivity index (χ1) is 10.8. The van der Waals surface area contributed by atoms with E-state index < -0.39 is 15.8 Å². The molecule has 23 heavy (non-hydrogen) atoms. The van der Waals surface area contributed by atoms with Crippen molar-refractivity contribution in [2.75, 3.05) is 4.72 Å². The zero-order valence-corrected chi connectivity index (χ0v) is 13.9. The van der Waals surface area contributed by atoms with Crippen molar-refractivity contribution in [1.29, 1.82) is 0 Å². The maximum Gasteiger partial charge on any atom is 0.419 e. The molecule has 8 heteroatoms. The summed E-state index contributed by atoms with van der Waals surface area (Å²) in [5.74, 6) is -0.509. The summed E-state index contributed by atoms with van der Waals surface area (Å²) in [7, 11) is -2.23. The van der Waals surface area contributed by atoms with Crippen LogP contribution in [0.25, 0.3) is 11.1 Å². The van der Waals surface area contributed by atoms with Crippen LogP contribution in [-0.2, 0) is 17.1 Å². The first kappa shape index (κ1) is 15.6. The van der Waals surface area contributed by atoms with Crippen LogP contribution in [0, 0.1) is 6.92 Å². The molecular weight excluding hydrogens is 340 g/mol. The number of nitrogens with zero attached hydrogens (tertiary/aromatic N) is 1. The third kappa shape index (κ3) is 2.85. The minimum absolute atomic E-state index is 0.0641. The monoisotopic (exact) mass is 352 g/mol. The van der Waals surface area contributed by atoms with Crippen LogP contribution in [-0.4, -0.2) is 13.0 Å². The van der Waals surface area contributed by atoms with Gasteiger partial charge in [0.15, 0.2) is 5.58 Å². The molecule has 0 aliphatic carbocycles. The van der Waals surface area contributed by atoms with Gasteiger partial charge in [-0.2, -0.15) is 0 Å². The van der Waals surface area contributed by atoms with E-state index in [-0.39, 0.29) is 4.90 Å². The topological polar surface area (TPSA) is 81.3 Å². The van der Waals surface area contributed by atoms with E-state index in [9.17, 15) is 13.2 Å². The number of benzene rings is 2. The highest BCUT2D eigenvalue weighted by Gasteiger charge is 2.16. The quantitative estimate of drug-likeness (QED) is 0.785. The van der Waals surface area contributed by atoms with Crippen molar-refractivity contribution >= 4 is 38.4 Å². The van der Waals surface area contributed by atoms with Crippen molar-refractivity contribution in [3.05, 3.63) is 57.5 Å². The minimum atomic E-state index is -3.78. The molecule has 0 bridgehead atoms. The molecule has 0 aliphatic heterocycles. The van der Waals surface area contributed by atoms with E-state index in [0.717, 1.165) is 5.56 Å². The summed E-state index contributed by atoms with van der Waals surface area (Å²) < 4.78 is 33.6. The number of oxazole rings is 1. The number of sulfonamides is 1. The maximum absolute atomic E-state index is 12.4. The van der Waals surface area contributed by atoms with Crippen molar-refractivity contribution in [2.24, 2.45) is 7.05 Å². The van der Waals surface area contributed by atoms with Gasteiger partial charge in [-0.15, -0.1) is 0 Å². The smallest absolute Gasteiger partial charge is 0.408 e. The molecule has 1 heterocycles. The molecule has 0 fully saturated rings. The predicted molar refractivity (Wildman–Crippen MR) is 88.5 cm³/mol. The molecule has 120 valence electrons. The second-order valence-electron chi connectivity index (χ2n) is 5.13. The van der Waals surface area contributed by atoms with Gasteiger partial charge in [0.1, 0.15) is 0 Å². The number of aromatic nitrogens is 1. The van der Waals surface area contributed by atoms with E-state index in [1.807, 2.05) is 0 Å². The molecule has 0 unspecified atom stereocenters. The van der Waals surface area contributed by atoms with Crippen molar-refractivity contribution in [3.63, 3.8) is 0 Å². The van der Waals surface area contributed by atoms with E-state index in [4.69, 9.17) is 16.0 Å². The molecule has 0 amide bonds. The Labute approximate surface area is 137 Å². The molecule has 6 nitrogen and oxygen atoms in total. The van der Waals surface area contributed by atoms with Crippen LogP contribution in [0.3, 0.4) is 0 Å². The fourth-order valence-corrected chi connectivity index (χ4v) is 3.47. The van der Waals surface area contributed by atoms with Crippen LogP contribution in [0.5, 0.6) is 0 Å². The first-order valence-corrected chi connectivity index (χ1v) is 8.52. The van der Waals surface area contributed by atoms with E-state index in [1.165, 1.54) is 34.9 Å². The van der Waals surface area contributed by atoms with Gasteiger partial charge in [0.25, 0.3) is 10.0 Å². The van der Waals surface area contributed by atoms with Crippen molar-refractivity contribution < 1.29 is 12.8 Å². The van der Waals surface area contributed by atoms with Crippen molar-refractivity contribution in [2.45, 2.75) is 11.8 Å². The number of fused-ring (bicyclic) bond motifs is 1. The Morgan fingerprint density at radius 1 is 1.17 bits per heavy atom. The van der Waals surface area contributed by atoms with Gasteiger partial charge in [0, 0.05) is 12.1 Å². The lowest BCUT2D eigenvalue weighted by Gasteiger charge is -2.09. The third-order valence-electron chi connectivity index (χ3n) is 3.50. The molecule has 3 rings (SSSR count). The molecule has 0 spiro atoms. The molecular formula is C15H13ClN2O4S. The van der Waals surface area contributed by atoms with Crippen LogP contribution in [0.1, 0.15) is 5.56 Å². The standard InChI is InChI=1S/C15H13ClN2O4S/c1-9-3-5-11(8-12(9)16)23(20,21)17-10-4-6-14-13(7-10)18(2)15(19)22-14/h3-8,17H,1-2H3. The van der Waals surface area contributed by atoms with Crippen LogP contribution in [0.15, 0.2) is 50.5 Å². The molecule has 1 aromatic heterocycles. The zero-order valence-electron chi connectivity index (χ0n) is 12.3. The Morgan fingerprint density at radius 2 is 1.91 bits per heavy atom. The Hall–Kier alpha value is -2.25. The number of aryl methyl sites for hydroxylation is 2. The number of hydrogen-bond donors (Lipinski definition) is 1. The van der Waals surface area contributed by atoms with E-state index in [0.29, 0.717) is 21.8 Å². The van der Waals surface area contributed by atoms with E-state index in [1.54, 1.807) is 20.0 Å². The van der Waals surface area contributed by atoms with E-state index >= 15 is 0 Å². The summed E-state index contributed by atoms with van der Waals surface area (Å²) in [5, 5.41) is 0.376. The third-order valence-corrected chi connectivity index (χ3v) is 5.28. The lowest BCUT2D eigenvalue weighted by molar-refractivity contribution is 0.528. The summed E-state index contributed by atoms with van der Waals surface area (Å²) in [6, 6.07) is 9.11. The van der Waals surface area contributed by atoms with Gasteiger partial charge >= 0.3 is 5.76 Å². The van der Waals surface area contributed by atoms with Crippen molar-refractivity contribution in [3.8, 4) is 0 Å². The Kier molecular flexibility index (Phi) is 3.69. The summed E-state index contributed by atoms with van der Waals surface area (Å²) in [6.45, 7) is 1.79. The number of anilines is 1. The molecule has 3 aromatic rings. The Balaban J connectivity index is 2.01. The van der Waals surface area contributed by atoms with Gasteiger partial charge in [-0.1, -0.05) is 17.7 Å². The predicted octanol–water partition coefficient (Wildman–Crippen LogP) is 2.89. The molecule has 2 aromatic carbocycles. The highest BCUT2D eigenvalue weighted by Crippen LogP contribution is 2.24. The molecule has 1 N–H and O–H groups in total. The van der Waals surface area contributed by atoms with Crippen LogP contribution < -0.4 is 10.5 Å². The average molecular weight is 353 g/mol. The van der Waals surface area contributed by atoms with E-state index in [2.05, 4.69) is 4.72 Å². The van der Waals surface area contributed by atoms with Gasteiger partial charge in [-0.3, -0.25) is 9.29 Å². The number of nitrogens with one attached hydrogen (secondary N) is 1. The van der Waals surface area contributed by atoms with Gasteiger partial charge in [0.05, 0.1) is 16.1 Å². The Bertz CT molecular complexity index is 1070. The first-order valence-electron chi connectivity index (χ1n) is 6.66. The molecule has 0 saturated carbocycles. The summed E-state index contributed by atoms with van der Waals surface area (Å²) in [5.41, 5.74) is 2.00. The molecule has 0 aliphatic rings. The summed E-state index contributed by atoms with van der Waals surface area (Å²) >= 11 is 5.98. The highest BCUT2D eigenvalue weighted by molar-refractivity contribution is 7.92. The second-order valence-corrected chi connectivity index (χ2v) is 7.22. The lowest BCUT2D eigenvalue weighted by Crippen LogP contribution is -2.13. The molecule has 0 radical (unpaired) electrons. The second kappa shape index (κ2) is 5.43. The van der Waals surface area contributed by atoms with Crippen LogP contribution >= 0.6 is 11.6 Å². The fraction of sp³-hybridized carbons (Fsp3) is 0.133. The van der Waals surface area contributed by atoms with Crippen LogP contribution in [0.4, 0.5) is 5.69 Å². The molecule has 0 saturated heterocycles. The number of hydrogen-bond acceptors (Lipinski definition) is 4. The van der Waals surface area contributed by atoms with Gasteiger partial charge in [-0.05, 0) is 42.8 Å². The number of rotatable bonds is 3. The zero-order chi connectivity index (χ0) is 16.8. The van der Waals surface area contributed by atoms with Crippen LogP contribution in [0.2, 0.25) is 5.02 Å². The SMILES string of the molecule is Cc1ccc(S(=O)(=O)Nc2ccc3oc(=O)n(C)c3c2)cc1Cl. The lowest BCUT2D eigenvalue weighted by atomic mass is 10.2.